The quantitative estimate of drug-likeness (QED) is 0.189. The lowest BCUT2D eigenvalue weighted by molar-refractivity contribution is 0.0697. The molecule has 222 valence electrons. The van der Waals surface area contributed by atoms with Crippen LogP contribution >= 0.6 is 0 Å². The maximum Gasteiger partial charge on any atom is 0.335 e. The first-order chi connectivity index (χ1) is 21.1. The second kappa shape index (κ2) is 11.4. The van der Waals surface area contributed by atoms with Crippen LogP contribution in [0.15, 0.2) is 60.8 Å². The zero-order chi connectivity index (χ0) is 31.0. The minimum absolute atomic E-state index is 0.0191. The standard InChI is InChI=1S/C33H26F3N5O3/c1-19-2-4-22(24(34)12-19)17-44-31-26(36)16-38-30(40-31)23-6-3-20(13-25(23)35)14-29-39-27-7-5-21(32(42)43)15-28(27)41(29)18-33(8-9-33)10-11-37/h2-7,12-13,15-16H,8-10,14,17-18H2,1H3,(H,42,43). The number of imidazole rings is 1. The molecule has 11 heteroatoms. The van der Waals surface area contributed by atoms with E-state index in [-0.39, 0.29) is 41.0 Å². The van der Waals surface area contributed by atoms with Gasteiger partial charge in [-0.15, -0.1) is 0 Å². The Bertz CT molecular complexity index is 1960. The molecule has 3 aromatic carbocycles. The third-order valence-electron chi connectivity index (χ3n) is 7.90. The molecule has 0 spiro atoms. The van der Waals surface area contributed by atoms with Crippen LogP contribution in [-0.2, 0) is 19.6 Å². The number of carboxylic acids is 1. The molecule has 1 aliphatic carbocycles. The molecular formula is C33H26F3N5O3. The summed E-state index contributed by atoms with van der Waals surface area (Å²) >= 11 is 0. The van der Waals surface area contributed by atoms with Crippen LogP contribution in [0.25, 0.3) is 22.4 Å². The Balaban J connectivity index is 1.27. The highest BCUT2D eigenvalue weighted by atomic mass is 19.1. The van der Waals surface area contributed by atoms with Crippen molar-refractivity contribution >= 4 is 17.0 Å². The predicted molar refractivity (Wildman–Crippen MR) is 154 cm³/mol. The minimum atomic E-state index is -1.06. The highest BCUT2D eigenvalue weighted by Gasteiger charge is 2.43. The number of aromatic nitrogens is 4. The van der Waals surface area contributed by atoms with E-state index < -0.39 is 29.3 Å². The zero-order valence-corrected chi connectivity index (χ0v) is 23.6. The normalized spacial score (nSPS) is 13.5. The SMILES string of the molecule is Cc1ccc(COc2nc(-c3ccc(Cc4nc5ccc(C(=O)O)cc5n4CC4(CC#N)CC4)cc3F)ncc2F)c(F)c1. The molecule has 5 aromatic rings. The number of rotatable bonds is 10. The monoisotopic (exact) mass is 597 g/mol. The Labute approximate surface area is 250 Å². The van der Waals surface area contributed by atoms with Gasteiger partial charge in [0.05, 0.1) is 34.4 Å². The van der Waals surface area contributed by atoms with E-state index in [1.165, 1.54) is 30.3 Å². The van der Waals surface area contributed by atoms with Gasteiger partial charge >= 0.3 is 5.97 Å². The van der Waals surface area contributed by atoms with E-state index in [4.69, 9.17) is 9.72 Å². The van der Waals surface area contributed by atoms with Crippen LogP contribution in [0.3, 0.4) is 0 Å². The fraction of sp³-hybridized carbons (Fsp3) is 0.242. The summed E-state index contributed by atoms with van der Waals surface area (Å²) in [4.78, 5) is 24.3. The third kappa shape index (κ3) is 5.83. The number of halogens is 3. The molecule has 0 aliphatic heterocycles. The van der Waals surface area contributed by atoms with Crippen molar-refractivity contribution < 1.29 is 27.8 Å². The van der Waals surface area contributed by atoms with Crippen LogP contribution in [-0.4, -0.2) is 30.6 Å². The summed E-state index contributed by atoms with van der Waals surface area (Å²) in [6.45, 7) is 1.97. The maximum atomic E-state index is 15.4. The van der Waals surface area contributed by atoms with Gasteiger partial charge in [0.2, 0.25) is 5.82 Å². The Morgan fingerprint density at radius 2 is 1.86 bits per heavy atom. The first-order valence-electron chi connectivity index (χ1n) is 13.9. The van der Waals surface area contributed by atoms with E-state index in [1.54, 1.807) is 31.2 Å². The van der Waals surface area contributed by atoms with E-state index in [0.717, 1.165) is 24.6 Å². The van der Waals surface area contributed by atoms with Crippen molar-refractivity contribution in [3.05, 3.63) is 106 Å². The van der Waals surface area contributed by atoms with E-state index in [0.29, 0.717) is 35.4 Å². The van der Waals surface area contributed by atoms with E-state index >= 15 is 4.39 Å². The van der Waals surface area contributed by atoms with E-state index in [1.807, 2.05) is 4.57 Å². The Kier molecular flexibility index (Phi) is 7.51. The summed E-state index contributed by atoms with van der Waals surface area (Å²) in [5, 5.41) is 18.9. The minimum Gasteiger partial charge on any atom is -0.478 e. The van der Waals surface area contributed by atoms with Crippen molar-refractivity contribution in [3.8, 4) is 23.3 Å². The maximum absolute atomic E-state index is 15.4. The summed E-state index contributed by atoms with van der Waals surface area (Å²) in [5.74, 6) is -2.99. The summed E-state index contributed by atoms with van der Waals surface area (Å²) in [5.41, 5.74) is 2.72. The number of hydrogen-bond acceptors (Lipinski definition) is 6. The number of nitriles is 1. The molecule has 1 saturated carbocycles. The van der Waals surface area contributed by atoms with Gasteiger partial charge in [-0.1, -0.05) is 18.2 Å². The van der Waals surface area contributed by atoms with Crippen LogP contribution in [0.5, 0.6) is 5.88 Å². The van der Waals surface area contributed by atoms with Crippen LogP contribution in [0.4, 0.5) is 13.2 Å². The lowest BCUT2D eigenvalue weighted by Gasteiger charge is -2.16. The molecule has 0 amide bonds. The van der Waals surface area contributed by atoms with Crippen molar-refractivity contribution in [2.45, 2.75) is 45.8 Å². The highest BCUT2D eigenvalue weighted by molar-refractivity contribution is 5.92. The van der Waals surface area contributed by atoms with Crippen molar-refractivity contribution in [3.63, 3.8) is 0 Å². The molecule has 1 N–H and O–H groups in total. The van der Waals surface area contributed by atoms with E-state index in [2.05, 4.69) is 16.0 Å². The number of nitrogens with zero attached hydrogens (tertiary/aromatic N) is 5. The van der Waals surface area contributed by atoms with Crippen molar-refractivity contribution in [1.82, 2.24) is 19.5 Å². The zero-order valence-electron chi connectivity index (χ0n) is 23.6. The topological polar surface area (TPSA) is 114 Å². The molecule has 2 aromatic heterocycles. The van der Waals surface area contributed by atoms with Crippen molar-refractivity contribution in [2.24, 2.45) is 5.41 Å². The molecular weight excluding hydrogens is 571 g/mol. The number of carboxylic acid groups (broad SMARTS) is 1. The van der Waals surface area contributed by atoms with Gasteiger partial charge in [-0.05, 0) is 67.3 Å². The average molecular weight is 598 g/mol. The molecule has 0 atom stereocenters. The molecule has 0 saturated heterocycles. The summed E-state index contributed by atoms with van der Waals surface area (Å²) in [7, 11) is 0. The molecule has 2 heterocycles. The van der Waals surface area contributed by atoms with Gasteiger partial charge in [-0.25, -0.2) is 23.5 Å². The number of carbonyl (C=O) groups is 1. The Morgan fingerprint density at radius 1 is 1.05 bits per heavy atom. The smallest absolute Gasteiger partial charge is 0.335 e. The number of fused-ring (bicyclic) bond motifs is 1. The first-order valence-corrected chi connectivity index (χ1v) is 13.9. The Hall–Kier alpha value is -5.24. The first kappa shape index (κ1) is 28.9. The summed E-state index contributed by atoms with van der Waals surface area (Å²) < 4.78 is 51.4. The average Bonchev–Trinajstić information content (AvgIpc) is 3.67. The van der Waals surface area contributed by atoms with Gasteiger partial charge in [0.15, 0.2) is 5.82 Å². The highest BCUT2D eigenvalue weighted by Crippen LogP contribution is 2.50. The summed E-state index contributed by atoms with van der Waals surface area (Å²) in [6.07, 6.45) is 3.24. The molecule has 6 rings (SSSR count). The number of benzene rings is 3. The number of hydrogen-bond donors (Lipinski definition) is 1. The van der Waals surface area contributed by atoms with Crippen molar-refractivity contribution in [2.75, 3.05) is 0 Å². The molecule has 0 radical (unpaired) electrons. The fourth-order valence-corrected chi connectivity index (χ4v) is 5.22. The van der Waals surface area contributed by atoms with Gasteiger partial charge < -0.3 is 14.4 Å². The van der Waals surface area contributed by atoms with Gasteiger partial charge in [-0.2, -0.15) is 14.6 Å². The number of ether oxygens (including phenoxy) is 1. The van der Waals surface area contributed by atoms with Gasteiger partial charge in [0.1, 0.15) is 24.1 Å². The van der Waals surface area contributed by atoms with Gasteiger partial charge in [0, 0.05) is 30.4 Å². The van der Waals surface area contributed by atoms with E-state index in [9.17, 15) is 23.9 Å². The number of aromatic carboxylic acids is 1. The fourth-order valence-electron chi connectivity index (χ4n) is 5.22. The lowest BCUT2D eigenvalue weighted by Crippen LogP contribution is -2.14. The molecule has 0 unspecified atom stereocenters. The van der Waals surface area contributed by atoms with Crippen LogP contribution in [0.1, 0.15) is 52.1 Å². The predicted octanol–water partition coefficient (Wildman–Crippen LogP) is 6.78. The Morgan fingerprint density at radius 3 is 2.57 bits per heavy atom. The molecule has 44 heavy (non-hydrogen) atoms. The van der Waals surface area contributed by atoms with Crippen LogP contribution < -0.4 is 4.74 Å². The third-order valence-corrected chi connectivity index (χ3v) is 7.90. The van der Waals surface area contributed by atoms with Crippen LogP contribution in [0.2, 0.25) is 0 Å². The second-order valence-electron chi connectivity index (χ2n) is 11.2. The summed E-state index contributed by atoms with van der Waals surface area (Å²) in [6, 6.07) is 16.0. The number of aryl methyl sites for hydroxylation is 1. The van der Waals surface area contributed by atoms with Gasteiger partial charge in [0.25, 0.3) is 5.88 Å². The van der Waals surface area contributed by atoms with Gasteiger partial charge in [-0.3, -0.25) is 0 Å². The van der Waals surface area contributed by atoms with Crippen LogP contribution in [0, 0.1) is 41.1 Å². The largest absolute Gasteiger partial charge is 0.478 e. The molecule has 0 bridgehead atoms. The molecule has 1 fully saturated rings. The molecule has 8 nitrogen and oxygen atoms in total. The second-order valence-corrected chi connectivity index (χ2v) is 11.2. The van der Waals surface area contributed by atoms with Crippen molar-refractivity contribution in [1.29, 1.82) is 5.26 Å². The molecule has 1 aliphatic rings. The lowest BCUT2D eigenvalue weighted by atomic mass is 10.0.